The quantitative estimate of drug-likeness (QED) is 0.731. The van der Waals surface area contributed by atoms with Crippen molar-refractivity contribution in [2.45, 2.75) is 19.0 Å². The SMILES string of the molecule is NC(=O)c1ccc2c(c1)NC(=O)CC(c1ccccc1)N2Cc1ccccc1. The highest BCUT2D eigenvalue weighted by Gasteiger charge is 2.29. The van der Waals surface area contributed by atoms with Crippen LogP contribution in [0.15, 0.2) is 78.9 Å². The maximum atomic E-state index is 12.7. The van der Waals surface area contributed by atoms with Gasteiger partial charge < -0.3 is 16.0 Å². The summed E-state index contributed by atoms with van der Waals surface area (Å²) in [5.74, 6) is -0.609. The first-order valence-electron chi connectivity index (χ1n) is 9.21. The number of hydrogen-bond acceptors (Lipinski definition) is 3. The number of amides is 2. The monoisotopic (exact) mass is 371 g/mol. The second-order valence-electron chi connectivity index (χ2n) is 6.89. The summed E-state index contributed by atoms with van der Waals surface area (Å²) in [6.07, 6.45) is 0.317. The number of fused-ring (bicyclic) bond motifs is 1. The van der Waals surface area contributed by atoms with Crippen molar-refractivity contribution in [2.24, 2.45) is 5.73 Å². The molecule has 1 aliphatic rings. The third kappa shape index (κ3) is 3.60. The Morgan fingerprint density at radius 2 is 1.68 bits per heavy atom. The van der Waals surface area contributed by atoms with Crippen LogP contribution in [0.1, 0.15) is 33.9 Å². The Kier molecular flexibility index (Phi) is 4.81. The molecular weight excluding hydrogens is 350 g/mol. The minimum atomic E-state index is -0.518. The Morgan fingerprint density at radius 3 is 2.36 bits per heavy atom. The first kappa shape index (κ1) is 17.8. The largest absolute Gasteiger partial charge is 0.366 e. The molecule has 1 unspecified atom stereocenters. The standard InChI is InChI=1S/C23H21N3O2/c24-23(28)18-11-12-20-19(13-18)25-22(27)14-21(17-9-5-2-6-10-17)26(20)15-16-7-3-1-4-8-16/h1-13,21H,14-15H2,(H2,24,28)(H,25,27). The first-order chi connectivity index (χ1) is 13.6. The molecule has 0 spiro atoms. The van der Waals surface area contributed by atoms with Crippen molar-refractivity contribution in [2.75, 3.05) is 10.2 Å². The third-order valence-corrected chi connectivity index (χ3v) is 5.00. The van der Waals surface area contributed by atoms with Crippen molar-refractivity contribution in [3.05, 3.63) is 95.6 Å². The van der Waals surface area contributed by atoms with Crippen molar-refractivity contribution < 1.29 is 9.59 Å². The lowest BCUT2D eigenvalue weighted by molar-refractivity contribution is -0.116. The molecule has 0 saturated heterocycles. The molecule has 0 saturated carbocycles. The average Bonchev–Trinajstić information content (AvgIpc) is 2.85. The van der Waals surface area contributed by atoms with Crippen LogP contribution in [0.25, 0.3) is 0 Å². The van der Waals surface area contributed by atoms with Crippen LogP contribution in [0.5, 0.6) is 0 Å². The number of rotatable bonds is 4. The van der Waals surface area contributed by atoms with E-state index in [4.69, 9.17) is 5.73 Å². The summed E-state index contributed by atoms with van der Waals surface area (Å²) in [5.41, 5.74) is 9.49. The van der Waals surface area contributed by atoms with Gasteiger partial charge in [0.05, 0.1) is 23.8 Å². The molecule has 1 aliphatic heterocycles. The molecule has 5 nitrogen and oxygen atoms in total. The van der Waals surface area contributed by atoms with Crippen molar-refractivity contribution in [3.8, 4) is 0 Å². The van der Waals surface area contributed by atoms with Crippen LogP contribution in [0.4, 0.5) is 11.4 Å². The average molecular weight is 371 g/mol. The van der Waals surface area contributed by atoms with E-state index in [-0.39, 0.29) is 11.9 Å². The molecule has 0 fully saturated rings. The Balaban J connectivity index is 1.84. The number of carbonyl (C=O) groups excluding carboxylic acids is 2. The molecule has 0 bridgehead atoms. The zero-order valence-electron chi connectivity index (χ0n) is 15.3. The summed E-state index contributed by atoms with van der Waals surface area (Å²) < 4.78 is 0. The third-order valence-electron chi connectivity index (χ3n) is 5.00. The highest BCUT2D eigenvalue weighted by molar-refractivity contribution is 6.00. The van der Waals surface area contributed by atoms with Gasteiger partial charge in [0.2, 0.25) is 11.8 Å². The van der Waals surface area contributed by atoms with Crippen LogP contribution in [0, 0.1) is 0 Å². The molecule has 0 radical (unpaired) electrons. The van der Waals surface area contributed by atoms with Crippen molar-refractivity contribution in [1.29, 1.82) is 0 Å². The minimum Gasteiger partial charge on any atom is -0.366 e. The van der Waals surface area contributed by atoms with Gasteiger partial charge in [-0.05, 0) is 29.3 Å². The predicted molar refractivity (Wildman–Crippen MR) is 110 cm³/mol. The van der Waals surface area contributed by atoms with Crippen LogP contribution in [0.2, 0.25) is 0 Å². The highest BCUT2D eigenvalue weighted by Crippen LogP contribution is 2.39. The van der Waals surface area contributed by atoms with E-state index in [9.17, 15) is 9.59 Å². The Labute approximate surface area is 163 Å². The van der Waals surface area contributed by atoms with E-state index in [2.05, 4.69) is 22.3 Å². The zero-order valence-corrected chi connectivity index (χ0v) is 15.3. The fourth-order valence-corrected chi connectivity index (χ4v) is 3.64. The lowest BCUT2D eigenvalue weighted by Crippen LogP contribution is -2.28. The molecule has 4 rings (SSSR count). The smallest absolute Gasteiger partial charge is 0.248 e. The van der Waals surface area contributed by atoms with E-state index in [1.165, 1.54) is 0 Å². The lowest BCUT2D eigenvalue weighted by atomic mass is 10.00. The van der Waals surface area contributed by atoms with Gasteiger partial charge in [0.25, 0.3) is 0 Å². The molecule has 28 heavy (non-hydrogen) atoms. The van der Waals surface area contributed by atoms with E-state index in [0.717, 1.165) is 16.8 Å². The van der Waals surface area contributed by atoms with Gasteiger partial charge in [-0.25, -0.2) is 0 Å². The van der Waals surface area contributed by atoms with Gasteiger partial charge in [-0.15, -0.1) is 0 Å². The van der Waals surface area contributed by atoms with Gasteiger partial charge in [-0.2, -0.15) is 0 Å². The number of nitrogens with one attached hydrogen (secondary N) is 1. The van der Waals surface area contributed by atoms with E-state index >= 15 is 0 Å². The predicted octanol–water partition coefficient (Wildman–Crippen LogP) is 3.88. The van der Waals surface area contributed by atoms with Gasteiger partial charge in [0, 0.05) is 12.1 Å². The number of nitrogens with two attached hydrogens (primary N) is 1. The number of benzene rings is 3. The highest BCUT2D eigenvalue weighted by atomic mass is 16.2. The maximum Gasteiger partial charge on any atom is 0.248 e. The fourth-order valence-electron chi connectivity index (χ4n) is 3.64. The summed E-state index contributed by atoms with van der Waals surface area (Å²) in [6, 6.07) is 25.2. The molecule has 3 aromatic rings. The molecule has 1 atom stereocenters. The Bertz CT molecular complexity index is 1000. The van der Waals surface area contributed by atoms with Crippen LogP contribution in [0.3, 0.4) is 0 Å². The molecule has 5 heteroatoms. The second-order valence-corrected chi connectivity index (χ2v) is 6.89. The molecular formula is C23H21N3O2. The molecule has 3 aromatic carbocycles. The van der Waals surface area contributed by atoms with Gasteiger partial charge in [0.15, 0.2) is 0 Å². The van der Waals surface area contributed by atoms with E-state index < -0.39 is 5.91 Å². The number of nitrogens with zero attached hydrogens (tertiary/aromatic N) is 1. The van der Waals surface area contributed by atoms with Gasteiger partial charge in [0.1, 0.15) is 0 Å². The number of anilines is 2. The number of primary amides is 1. The van der Waals surface area contributed by atoms with E-state index in [0.29, 0.717) is 24.2 Å². The van der Waals surface area contributed by atoms with Crippen LogP contribution >= 0.6 is 0 Å². The summed E-state index contributed by atoms with van der Waals surface area (Å²) >= 11 is 0. The normalized spacial score (nSPS) is 16.1. The summed E-state index contributed by atoms with van der Waals surface area (Å²) in [4.78, 5) is 26.5. The minimum absolute atomic E-state index is 0.0905. The van der Waals surface area contributed by atoms with Crippen molar-refractivity contribution in [1.82, 2.24) is 0 Å². The van der Waals surface area contributed by atoms with Gasteiger partial charge in [-0.3, -0.25) is 9.59 Å². The lowest BCUT2D eigenvalue weighted by Gasteiger charge is -2.33. The molecule has 1 heterocycles. The molecule has 2 amide bonds. The molecule has 140 valence electrons. The van der Waals surface area contributed by atoms with Crippen molar-refractivity contribution >= 4 is 23.2 Å². The number of carbonyl (C=O) groups is 2. The van der Waals surface area contributed by atoms with Crippen molar-refractivity contribution in [3.63, 3.8) is 0 Å². The number of hydrogen-bond donors (Lipinski definition) is 2. The summed E-state index contributed by atoms with van der Waals surface area (Å²) in [6.45, 7) is 0.637. The van der Waals surface area contributed by atoms with Gasteiger partial charge in [-0.1, -0.05) is 60.7 Å². The molecule has 3 N–H and O–H groups in total. The first-order valence-corrected chi connectivity index (χ1v) is 9.21. The van der Waals surface area contributed by atoms with E-state index in [1.807, 2.05) is 54.6 Å². The Morgan fingerprint density at radius 1 is 1.00 bits per heavy atom. The molecule has 0 aliphatic carbocycles. The maximum absolute atomic E-state index is 12.7. The summed E-state index contributed by atoms with van der Waals surface area (Å²) in [7, 11) is 0. The van der Waals surface area contributed by atoms with E-state index in [1.54, 1.807) is 12.1 Å². The Hall–Kier alpha value is -3.60. The zero-order chi connectivity index (χ0) is 19.5. The topological polar surface area (TPSA) is 75.4 Å². The van der Waals surface area contributed by atoms with Crippen LogP contribution in [-0.2, 0) is 11.3 Å². The molecule has 0 aromatic heterocycles. The van der Waals surface area contributed by atoms with Gasteiger partial charge >= 0.3 is 0 Å². The van der Waals surface area contributed by atoms with Crippen LogP contribution in [-0.4, -0.2) is 11.8 Å². The van der Waals surface area contributed by atoms with Crippen LogP contribution < -0.4 is 16.0 Å². The summed E-state index contributed by atoms with van der Waals surface area (Å²) in [5, 5.41) is 2.94. The fraction of sp³-hybridized carbons (Fsp3) is 0.130. The second kappa shape index (κ2) is 7.56.